The molecule has 0 atom stereocenters. The van der Waals surface area contributed by atoms with Gasteiger partial charge in [-0.05, 0) is 38.9 Å². The fourth-order valence-corrected chi connectivity index (χ4v) is 2.04. The van der Waals surface area contributed by atoms with Crippen LogP contribution in [0.2, 0.25) is 0 Å². The summed E-state index contributed by atoms with van der Waals surface area (Å²) in [5, 5.41) is 3.28. The van der Waals surface area contributed by atoms with Crippen LogP contribution in [-0.2, 0) is 6.54 Å². The second-order valence-electron chi connectivity index (χ2n) is 5.21. The van der Waals surface area contributed by atoms with E-state index < -0.39 is 0 Å². The van der Waals surface area contributed by atoms with E-state index in [1.54, 1.807) is 11.3 Å². The number of hydrogen-bond acceptors (Lipinski definition) is 4. The molecule has 0 radical (unpaired) electrons. The predicted molar refractivity (Wildman–Crippen MR) is 70.6 cm³/mol. The molecular formula is C12H23N3S. The number of nitrogens with two attached hydrogens (primary N) is 1. The summed E-state index contributed by atoms with van der Waals surface area (Å²) in [6.45, 7) is 9.23. The van der Waals surface area contributed by atoms with Crippen LogP contribution in [0.15, 0.2) is 5.38 Å². The van der Waals surface area contributed by atoms with Crippen molar-refractivity contribution in [2.75, 3.05) is 20.1 Å². The fraction of sp³-hybridized carbons (Fsp3) is 0.750. The third-order valence-corrected chi connectivity index (χ3v) is 3.64. The van der Waals surface area contributed by atoms with Crippen molar-refractivity contribution in [1.82, 2.24) is 9.88 Å². The topological polar surface area (TPSA) is 42.2 Å². The van der Waals surface area contributed by atoms with Crippen molar-refractivity contribution < 1.29 is 0 Å². The third kappa shape index (κ3) is 4.60. The summed E-state index contributed by atoms with van der Waals surface area (Å²) in [5.41, 5.74) is 7.14. The summed E-state index contributed by atoms with van der Waals surface area (Å²) in [4.78, 5) is 6.78. The molecule has 2 N–H and O–H groups in total. The van der Waals surface area contributed by atoms with E-state index in [0.717, 1.165) is 31.1 Å². The van der Waals surface area contributed by atoms with Crippen molar-refractivity contribution in [2.45, 2.75) is 33.7 Å². The van der Waals surface area contributed by atoms with E-state index in [1.165, 1.54) is 5.69 Å². The normalized spacial score (nSPS) is 12.4. The molecule has 16 heavy (non-hydrogen) atoms. The highest BCUT2D eigenvalue weighted by molar-refractivity contribution is 7.09. The van der Waals surface area contributed by atoms with Gasteiger partial charge in [0.05, 0.1) is 10.7 Å². The van der Waals surface area contributed by atoms with Gasteiger partial charge in [-0.3, -0.25) is 0 Å². The van der Waals surface area contributed by atoms with Gasteiger partial charge < -0.3 is 10.6 Å². The Labute approximate surface area is 103 Å². The van der Waals surface area contributed by atoms with Gasteiger partial charge in [-0.15, -0.1) is 11.3 Å². The van der Waals surface area contributed by atoms with Crippen LogP contribution in [0.1, 0.15) is 31.0 Å². The lowest BCUT2D eigenvalue weighted by molar-refractivity contribution is 0.247. The monoisotopic (exact) mass is 241 g/mol. The molecule has 0 saturated carbocycles. The first-order chi connectivity index (χ1) is 7.43. The molecule has 0 fully saturated rings. The van der Waals surface area contributed by atoms with Gasteiger partial charge in [-0.25, -0.2) is 4.98 Å². The van der Waals surface area contributed by atoms with Crippen LogP contribution in [0.4, 0.5) is 0 Å². The maximum absolute atomic E-state index is 5.72. The van der Waals surface area contributed by atoms with Crippen LogP contribution in [0.5, 0.6) is 0 Å². The number of aromatic nitrogens is 1. The van der Waals surface area contributed by atoms with E-state index >= 15 is 0 Å². The highest BCUT2D eigenvalue weighted by Crippen LogP contribution is 2.18. The SMILES string of the molecule is Cc1nc(CN(C)CCC(C)(C)CN)cs1. The lowest BCUT2D eigenvalue weighted by atomic mass is 9.89. The molecule has 1 aromatic heterocycles. The van der Waals surface area contributed by atoms with Crippen molar-refractivity contribution in [2.24, 2.45) is 11.1 Å². The van der Waals surface area contributed by atoms with Gasteiger partial charge in [0.15, 0.2) is 0 Å². The minimum atomic E-state index is 0.242. The quantitative estimate of drug-likeness (QED) is 0.830. The Morgan fingerprint density at radius 3 is 2.69 bits per heavy atom. The lowest BCUT2D eigenvalue weighted by Crippen LogP contribution is -2.29. The average Bonchev–Trinajstić information content (AvgIpc) is 2.61. The molecule has 0 aromatic carbocycles. The molecule has 0 unspecified atom stereocenters. The van der Waals surface area contributed by atoms with Crippen LogP contribution in [0, 0.1) is 12.3 Å². The zero-order valence-electron chi connectivity index (χ0n) is 10.8. The van der Waals surface area contributed by atoms with E-state index in [4.69, 9.17) is 5.73 Å². The average molecular weight is 241 g/mol. The summed E-state index contributed by atoms with van der Waals surface area (Å²) >= 11 is 1.72. The Kier molecular flexibility index (Phi) is 4.89. The Morgan fingerprint density at radius 1 is 1.50 bits per heavy atom. The first-order valence-electron chi connectivity index (χ1n) is 5.72. The first kappa shape index (κ1) is 13.6. The predicted octanol–water partition coefficient (Wildman–Crippen LogP) is 2.26. The second-order valence-corrected chi connectivity index (χ2v) is 6.28. The molecule has 92 valence electrons. The summed E-state index contributed by atoms with van der Waals surface area (Å²) in [6, 6.07) is 0. The van der Waals surface area contributed by atoms with Crippen molar-refractivity contribution in [3.05, 3.63) is 16.1 Å². The maximum Gasteiger partial charge on any atom is 0.0897 e. The molecule has 0 amide bonds. The Morgan fingerprint density at radius 2 is 2.19 bits per heavy atom. The van der Waals surface area contributed by atoms with E-state index in [2.05, 4.69) is 36.2 Å². The van der Waals surface area contributed by atoms with Crippen molar-refractivity contribution in [3.63, 3.8) is 0 Å². The molecule has 1 aromatic rings. The van der Waals surface area contributed by atoms with Gasteiger partial charge in [0, 0.05) is 11.9 Å². The molecule has 0 spiro atoms. The molecule has 0 aliphatic rings. The highest BCUT2D eigenvalue weighted by atomic mass is 32.1. The van der Waals surface area contributed by atoms with Crippen molar-refractivity contribution in [3.8, 4) is 0 Å². The Bertz CT molecular complexity index is 320. The van der Waals surface area contributed by atoms with Crippen LogP contribution in [0.3, 0.4) is 0 Å². The second kappa shape index (κ2) is 5.75. The van der Waals surface area contributed by atoms with Gasteiger partial charge in [0.2, 0.25) is 0 Å². The van der Waals surface area contributed by atoms with Crippen LogP contribution in [0.25, 0.3) is 0 Å². The molecule has 0 aliphatic heterocycles. The largest absolute Gasteiger partial charge is 0.330 e. The number of aryl methyl sites for hydroxylation is 1. The van der Waals surface area contributed by atoms with Crippen LogP contribution < -0.4 is 5.73 Å². The fourth-order valence-electron chi connectivity index (χ4n) is 1.43. The van der Waals surface area contributed by atoms with Gasteiger partial charge in [0.25, 0.3) is 0 Å². The zero-order valence-corrected chi connectivity index (χ0v) is 11.6. The van der Waals surface area contributed by atoms with E-state index in [9.17, 15) is 0 Å². The van der Waals surface area contributed by atoms with Crippen LogP contribution >= 0.6 is 11.3 Å². The molecule has 3 nitrogen and oxygen atoms in total. The van der Waals surface area contributed by atoms with Crippen molar-refractivity contribution >= 4 is 11.3 Å². The van der Waals surface area contributed by atoms with Crippen LogP contribution in [-0.4, -0.2) is 30.0 Å². The Hall–Kier alpha value is -0.450. The molecule has 0 saturated heterocycles. The number of rotatable bonds is 6. The van der Waals surface area contributed by atoms with Crippen molar-refractivity contribution in [1.29, 1.82) is 0 Å². The summed E-state index contributed by atoms with van der Waals surface area (Å²) in [7, 11) is 2.14. The van der Waals surface area contributed by atoms with Gasteiger partial charge in [-0.2, -0.15) is 0 Å². The maximum atomic E-state index is 5.72. The minimum absolute atomic E-state index is 0.242. The number of thiazole rings is 1. The smallest absolute Gasteiger partial charge is 0.0897 e. The zero-order chi connectivity index (χ0) is 12.2. The molecule has 1 heterocycles. The summed E-state index contributed by atoms with van der Waals surface area (Å²) in [6.07, 6.45) is 1.13. The number of nitrogens with zero attached hydrogens (tertiary/aromatic N) is 2. The Balaban J connectivity index is 2.34. The highest BCUT2D eigenvalue weighted by Gasteiger charge is 2.16. The van der Waals surface area contributed by atoms with Gasteiger partial charge in [-0.1, -0.05) is 13.8 Å². The van der Waals surface area contributed by atoms with Gasteiger partial charge in [0.1, 0.15) is 0 Å². The lowest BCUT2D eigenvalue weighted by Gasteiger charge is -2.25. The third-order valence-electron chi connectivity index (χ3n) is 2.82. The van der Waals surface area contributed by atoms with E-state index in [-0.39, 0.29) is 5.41 Å². The standard InChI is InChI=1S/C12H23N3S/c1-10-14-11(8-16-10)7-15(4)6-5-12(2,3)9-13/h8H,5-7,9,13H2,1-4H3. The molecular weight excluding hydrogens is 218 g/mol. The number of hydrogen-bond donors (Lipinski definition) is 1. The molecule has 4 heteroatoms. The molecule has 0 aliphatic carbocycles. The first-order valence-corrected chi connectivity index (χ1v) is 6.60. The molecule has 0 bridgehead atoms. The van der Waals surface area contributed by atoms with E-state index in [1.807, 2.05) is 6.92 Å². The summed E-state index contributed by atoms with van der Waals surface area (Å²) < 4.78 is 0. The van der Waals surface area contributed by atoms with Gasteiger partial charge >= 0.3 is 0 Å². The minimum Gasteiger partial charge on any atom is -0.330 e. The van der Waals surface area contributed by atoms with E-state index in [0.29, 0.717) is 0 Å². The summed E-state index contributed by atoms with van der Waals surface area (Å²) in [5.74, 6) is 0. The molecule has 1 rings (SSSR count).